The molecule has 0 spiro atoms. The van der Waals surface area contributed by atoms with Gasteiger partial charge in [0.05, 0.1) is 6.04 Å². The summed E-state index contributed by atoms with van der Waals surface area (Å²) >= 11 is 0. The van der Waals surface area contributed by atoms with Crippen LogP contribution in [0.4, 0.5) is 8.78 Å². The molecule has 0 aliphatic carbocycles. The van der Waals surface area contributed by atoms with Crippen molar-refractivity contribution in [2.24, 2.45) is 0 Å². The molecule has 0 radical (unpaired) electrons. The second-order valence-corrected chi connectivity index (χ2v) is 6.72. The van der Waals surface area contributed by atoms with E-state index in [0.717, 1.165) is 25.0 Å². The number of aryl methyl sites for hydroxylation is 1. The number of nitrogens with zero attached hydrogens (tertiary/aromatic N) is 1. The van der Waals surface area contributed by atoms with E-state index in [0.29, 0.717) is 11.1 Å². The minimum absolute atomic E-state index is 0.0695. The highest BCUT2D eigenvalue weighted by molar-refractivity contribution is 5.98. The standard InChI is InChI=1S/C22H25F2NO2/c1-4-5-16-6-8-17(9-7-16)21(26)12-13-22(27)25(3)15(2)18-10-11-19(23)20(24)14-18/h6-11,14-15H,4-5,12-13H2,1-3H3. The molecule has 0 saturated carbocycles. The first-order valence-corrected chi connectivity index (χ1v) is 9.16. The van der Waals surface area contributed by atoms with Gasteiger partial charge in [0.2, 0.25) is 5.91 Å². The number of carbonyl (C=O) groups excluding carboxylic acids is 2. The fourth-order valence-corrected chi connectivity index (χ4v) is 2.90. The van der Waals surface area contributed by atoms with Gasteiger partial charge >= 0.3 is 0 Å². The van der Waals surface area contributed by atoms with Crippen LogP contribution in [0.15, 0.2) is 42.5 Å². The molecule has 1 unspecified atom stereocenters. The second kappa shape index (κ2) is 9.40. The van der Waals surface area contributed by atoms with Crippen molar-refractivity contribution >= 4 is 11.7 Å². The van der Waals surface area contributed by atoms with Crippen molar-refractivity contribution in [1.29, 1.82) is 0 Å². The Hall–Kier alpha value is -2.56. The lowest BCUT2D eigenvalue weighted by molar-refractivity contribution is -0.131. The number of ketones is 1. The maximum atomic E-state index is 13.4. The Balaban J connectivity index is 1.93. The van der Waals surface area contributed by atoms with Gasteiger partial charge in [-0.05, 0) is 36.6 Å². The summed E-state index contributed by atoms with van der Waals surface area (Å²) in [6.07, 6.45) is 2.20. The van der Waals surface area contributed by atoms with E-state index < -0.39 is 17.7 Å². The Morgan fingerprint density at radius 3 is 2.26 bits per heavy atom. The fraction of sp³-hybridized carbons (Fsp3) is 0.364. The molecule has 0 N–H and O–H groups in total. The Labute approximate surface area is 159 Å². The van der Waals surface area contributed by atoms with Gasteiger partial charge in [-0.25, -0.2) is 8.78 Å². The Kier molecular flexibility index (Phi) is 7.22. The molecule has 0 saturated heterocycles. The molecule has 27 heavy (non-hydrogen) atoms. The monoisotopic (exact) mass is 373 g/mol. The van der Waals surface area contributed by atoms with E-state index in [1.165, 1.54) is 16.5 Å². The van der Waals surface area contributed by atoms with Crippen molar-refractivity contribution in [2.45, 2.75) is 45.6 Å². The SMILES string of the molecule is CCCc1ccc(C(=O)CCC(=O)N(C)C(C)c2ccc(F)c(F)c2)cc1. The smallest absolute Gasteiger partial charge is 0.223 e. The molecule has 3 nitrogen and oxygen atoms in total. The Morgan fingerprint density at radius 1 is 1.00 bits per heavy atom. The number of hydrogen-bond donors (Lipinski definition) is 0. The number of rotatable bonds is 8. The number of Topliss-reactive ketones (excluding diaryl/α,β-unsaturated/α-hetero) is 1. The minimum atomic E-state index is -0.943. The summed E-state index contributed by atoms with van der Waals surface area (Å²) in [5, 5.41) is 0. The predicted octanol–water partition coefficient (Wildman–Crippen LogP) is 5.10. The van der Waals surface area contributed by atoms with Crippen LogP contribution in [-0.4, -0.2) is 23.6 Å². The van der Waals surface area contributed by atoms with E-state index in [4.69, 9.17) is 0 Å². The van der Waals surface area contributed by atoms with E-state index in [1.54, 1.807) is 26.1 Å². The largest absolute Gasteiger partial charge is 0.339 e. The van der Waals surface area contributed by atoms with Crippen LogP contribution in [0.5, 0.6) is 0 Å². The van der Waals surface area contributed by atoms with Gasteiger partial charge in [0.15, 0.2) is 17.4 Å². The van der Waals surface area contributed by atoms with Gasteiger partial charge in [0, 0.05) is 25.5 Å². The zero-order valence-corrected chi connectivity index (χ0v) is 16.0. The number of halogens is 2. The first-order chi connectivity index (χ1) is 12.8. The van der Waals surface area contributed by atoms with Crippen molar-refractivity contribution in [3.63, 3.8) is 0 Å². The predicted molar refractivity (Wildman–Crippen MR) is 102 cm³/mol. The summed E-state index contributed by atoms with van der Waals surface area (Å²) in [6, 6.07) is 10.6. The average Bonchev–Trinajstić information content (AvgIpc) is 2.67. The lowest BCUT2D eigenvalue weighted by Gasteiger charge is -2.25. The van der Waals surface area contributed by atoms with Gasteiger partial charge in [-0.2, -0.15) is 0 Å². The first-order valence-electron chi connectivity index (χ1n) is 9.16. The highest BCUT2D eigenvalue weighted by Crippen LogP contribution is 2.22. The highest BCUT2D eigenvalue weighted by atomic mass is 19.2. The summed E-state index contributed by atoms with van der Waals surface area (Å²) in [6.45, 7) is 3.83. The zero-order valence-electron chi connectivity index (χ0n) is 16.0. The lowest BCUT2D eigenvalue weighted by Crippen LogP contribution is -2.30. The van der Waals surface area contributed by atoms with Gasteiger partial charge in [0.25, 0.3) is 0 Å². The highest BCUT2D eigenvalue weighted by Gasteiger charge is 2.19. The van der Waals surface area contributed by atoms with Crippen molar-refractivity contribution in [3.8, 4) is 0 Å². The van der Waals surface area contributed by atoms with E-state index in [-0.39, 0.29) is 24.5 Å². The topological polar surface area (TPSA) is 37.4 Å². The molecule has 0 bridgehead atoms. The van der Waals surface area contributed by atoms with Crippen LogP contribution >= 0.6 is 0 Å². The van der Waals surface area contributed by atoms with Gasteiger partial charge in [-0.3, -0.25) is 9.59 Å². The van der Waals surface area contributed by atoms with E-state index >= 15 is 0 Å². The van der Waals surface area contributed by atoms with Crippen LogP contribution in [0.1, 0.15) is 60.6 Å². The van der Waals surface area contributed by atoms with Crippen LogP contribution in [0, 0.1) is 11.6 Å². The number of amides is 1. The normalized spacial score (nSPS) is 11.9. The lowest BCUT2D eigenvalue weighted by atomic mass is 10.0. The van der Waals surface area contributed by atoms with Crippen LogP contribution in [-0.2, 0) is 11.2 Å². The van der Waals surface area contributed by atoms with E-state index in [2.05, 4.69) is 6.92 Å². The molecule has 0 heterocycles. The summed E-state index contributed by atoms with van der Waals surface area (Å²) in [7, 11) is 1.60. The van der Waals surface area contributed by atoms with Gasteiger partial charge < -0.3 is 4.90 Å². The van der Waals surface area contributed by atoms with E-state index in [9.17, 15) is 18.4 Å². The molecule has 0 aromatic heterocycles. The molecule has 144 valence electrons. The van der Waals surface area contributed by atoms with E-state index in [1.807, 2.05) is 12.1 Å². The van der Waals surface area contributed by atoms with Gasteiger partial charge in [-0.15, -0.1) is 0 Å². The fourth-order valence-electron chi connectivity index (χ4n) is 2.90. The molecular formula is C22H25F2NO2. The average molecular weight is 373 g/mol. The number of benzene rings is 2. The molecule has 0 aliphatic heterocycles. The van der Waals surface area contributed by atoms with Gasteiger partial charge in [0.1, 0.15) is 0 Å². The molecule has 0 aliphatic rings. The van der Waals surface area contributed by atoms with Crippen LogP contribution in [0.25, 0.3) is 0 Å². The summed E-state index contributed by atoms with van der Waals surface area (Å²) in [5.41, 5.74) is 2.28. The van der Waals surface area contributed by atoms with Crippen LogP contribution in [0.2, 0.25) is 0 Å². The van der Waals surface area contributed by atoms with Gasteiger partial charge in [-0.1, -0.05) is 43.7 Å². The van der Waals surface area contributed by atoms with Crippen molar-refractivity contribution in [2.75, 3.05) is 7.05 Å². The van der Waals surface area contributed by atoms with Crippen LogP contribution < -0.4 is 0 Å². The van der Waals surface area contributed by atoms with Crippen molar-refractivity contribution in [1.82, 2.24) is 4.90 Å². The molecule has 2 rings (SSSR count). The molecule has 1 amide bonds. The third kappa shape index (κ3) is 5.46. The zero-order chi connectivity index (χ0) is 20.0. The molecule has 2 aromatic carbocycles. The quantitative estimate of drug-likeness (QED) is 0.604. The summed E-state index contributed by atoms with van der Waals surface area (Å²) in [5.74, 6) is -2.17. The first kappa shape index (κ1) is 20.7. The Morgan fingerprint density at radius 2 is 1.67 bits per heavy atom. The molecule has 5 heteroatoms. The van der Waals surface area contributed by atoms with Crippen LogP contribution in [0.3, 0.4) is 0 Å². The summed E-state index contributed by atoms with van der Waals surface area (Å²) < 4.78 is 26.5. The molecule has 0 fully saturated rings. The number of carbonyl (C=O) groups is 2. The van der Waals surface area contributed by atoms with Crippen molar-refractivity contribution in [3.05, 3.63) is 70.8 Å². The maximum Gasteiger partial charge on any atom is 0.223 e. The van der Waals surface area contributed by atoms with Crippen molar-refractivity contribution < 1.29 is 18.4 Å². The molecule has 2 aromatic rings. The Bertz CT molecular complexity index is 802. The molecule has 1 atom stereocenters. The third-order valence-corrected chi connectivity index (χ3v) is 4.78. The molecular weight excluding hydrogens is 348 g/mol. The summed E-state index contributed by atoms with van der Waals surface area (Å²) in [4.78, 5) is 26.1. The number of hydrogen-bond acceptors (Lipinski definition) is 2. The maximum absolute atomic E-state index is 13.4. The minimum Gasteiger partial charge on any atom is -0.339 e. The second-order valence-electron chi connectivity index (χ2n) is 6.72. The third-order valence-electron chi connectivity index (χ3n) is 4.78.